The second-order valence-electron chi connectivity index (χ2n) is 6.51. The number of hydrogen-bond acceptors (Lipinski definition) is 6. The first-order valence-corrected chi connectivity index (χ1v) is 10.3. The molecule has 0 spiro atoms. The van der Waals surface area contributed by atoms with Crippen LogP contribution in [0, 0.1) is 0 Å². The number of pyridine rings is 1. The van der Waals surface area contributed by atoms with E-state index in [1.807, 2.05) is 35.7 Å². The second-order valence-corrected chi connectivity index (χ2v) is 7.79. The van der Waals surface area contributed by atoms with Crippen molar-refractivity contribution >= 4 is 39.7 Å². The van der Waals surface area contributed by atoms with Crippen LogP contribution >= 0.6 is 22.9 Å². The molecule has 1 aliphatic rings. The number of nitrogens with zero attached hydrogens (tertiary/aromatic N) is 4. The Morgan fingerprint density at radius 1 is 1.14 bits per heavy atom. The van der Waals surface area contributed by atoms with Gasteiger partial charge < -0.3 is 15.1 Å². The van der Waals surface area contributed by atoms with Crippen molar-refractivity contribution in [2.24, 2.45) is 0 Å². The average molecular weight is 414 g/mol. The molecule has 1 aliphatic heterocycles. The molecule has 1 N–H and O–H groups in total. The van der Waals surface area contributed by atoms with E-state index in [0.29, 0.717) is 12.2 Å². The highest BCUT2D eigenvalue weighted by molar-refractivity contribution is 7.13. The molecule has 0 saturated carbocycles. The summed E-state index contributed by atoms with van der Waals surface area (Å²) in [7, 11) is 0. The maximum Gasteiger partial charge on any atom is 0.271 e. The number of thiazole rings is 1. The maximum atomic E-state index is 12.4. The first-order valence-electron chi connectivity index (χ1n) is 9.07. The summed E-state index contributed by atoms with van der Waals surface area (Å²) in [5, 5.41) is 6.35. The molecule has 1 aromatic carbocycles. The molecule has 1 saturated heterocycles. The van der Waals surface area contributed by atoms with Crippen molar-refractivity contribution in [1.82, 2.24) is 15.3 Å². The number of amides is 1. The Balaban J connectivity index is 1.33. The molecule has 4 rings (SSSR count). The van der Waals surface area contributed by atoms with Gasteiger partial charge in [0, 0.05) is 61.2 Å². The molecular weight excluding hydrogens is 394 g/mol. The van der Waals surface area contributed by atoms with Crippen LogP contribution in [0.25, 0.3) is 0 Å². The van der Waals surface area contributed by atoms with Crippen LogP contribution in [0.4, 0.5) is 10.8 Å². The highest BCUT2D eigenvalue weighted by atomic mass is 35.5. The molecule has 2 aromatic heterocycles. The predicted molar refractivity (Wildman–Crippen MR) is 113 cm³/mol. The first kappa shape index (κ1) is 18.7. The van der Waals surface area contributed by atoms with E-state index >= 15 is 0 Å². The topological polar surface area (TPSA) is 61.4 Å². The Morgan fingerprint density at radius 3 is 2.71 bits per heavy atom. The molecule has 28 heavy (non-hydrogen) atoms. The lowest BCUT2D eigenvalue weighted by Gasteiger charge is -2.36. The Hall–Kier alpha value is -2.64. The molecule has 0 aliphatic carbocycles. The SMILES string of the molecule is O=C(NCc1cccnc1)c1csc(N2CCN(c3cccc(Cl)c3)CC2)n1. The molecule has 144 valence electrons. The number of piperazine rings is 1. The van der Waals surface area contributed by atoms with Crippen molar-refractivity contribution < 1.29 is 4.79 Å². The summed E-state index contributed by atoms with van der Waals surface area (Å²) in [5.74, 6) is -0.163. The number of hydrogen-bond donors (Lipinski definition) is 1. The molecule has 0 atom stereocenters. The summed E-state index contributed by atoms with van der Waals surface area (Å²) >= 11 is 7.61. The van der Waals surface area contributed by atoms with Crippen molar-refractivity contribution in [3.05, 3.63) is 70.5 Å². The highest BCUT2D eigenvalue weighted by Crippen LogP contribution is 2.25. The molecular formula is C20H20ClN5OS. The minimum atomic E-state index is -0.163. The summed E-state index contributed by atoms with van der Waals surface area (Å²) in [6, 6.07) is 11.7. The van der Waals surface area contributed by atoms with Gasteiger partial charge in [-0.25, -0.2) is 4.98 Å². The number of benzene rings is 1. The standard InChI is InChI=1S/C20H20ClN5OS/c21-16-4-1-5-17(11-16)25-7-9-26(10-8-25)20-24-18(14-28-20)19(27)23-13-15-3-2-6-22-12-15/h1-6,11-12,14H,7-10,13H2,(H,23,27). The van der Waals surface area contributed by atoms with Gasteiger partial charge in [0.05, 0.1) is 0 Å². The van der Waals surface area contributed by atoms with E-state index < -0.39 is 0 Å². The zero-order chi connectivity index (χ0) is 19.3. The molecule has 0 bridgehead atoms. The molecule has 1 amide bonds. The van der Waals surface area contributed by atoms with Crippen molar-refractivity contribution in [1.29, 1.82) is 0 Å². The first-order chi connectivity index (χ1) is 13.7. The largest absolute Gasteiger partial charge is 0.368 e. The van der Waals surface area contributed by atoms with Crippen LogP contribution < -0.4 is 15.1 Å². The Morgan fingerprint density at radius 2 is 1.96 bits per heavy atom. The van der Waals surface area contributed by atoms with E-state index in [2.05, 4.69) is 31.2 Å². The van der Waals surface area contributed by atoms with E-state index in [4.69, 9.17) is 11.6 Å². The Labute approximate surface area is 172 Å². The fourth-order valence-corrected chi connectivity index (χ4v) is 4.16. The van der Waals surface area contributed by atoms with Crippen LogP contribution in [0.2, 0.25) is 5.02 Å². The average Bonchev–Trinajstić information content (AvgIpc) is 3.23. The number of rotatable bonds is 5. The third-order valence-corrected chi connectivity index (χ3v) is 5.76. The maximum absolute atomic E-state index is 12.4. The van der Waals surface area contributed by atoms with Crippen LogP contribution in [-0.2, 0) is 6.54 Å². The number of anilines is 2. The number of aromatic nitrogens is 2. The van der Waals surface area contributed by atoms with Gasteiger partial charge >= 0.3 is 0 Å². The van der Waals surface area contributed by atoms with Crippen LogP contribution in [0.5, 0.6) is 0 Å². The number of carbonyl (C=O) groups excluding carboxylic acids is 1. The van der Waals surface area contributed by atoms with Crippen molar-refractivity contribution in [3.63, 3.8) is 0 Å². The normalized spacial score (nSPS) is 14.2. The smallest absolute Gasteiger partial charge is 0.271 e. The zero-order valence-electron chi connectivity index (χ0n) is 15.2. The van der Waals surface area contributed by atoms with E-state index in [1.54, 1.807) is 12.4 Å². The molecule has 3 heterocycles. The molecule has 8 heteroatoms. The number of halogens is 1. The van der Waals surface area contributed by atoms with Gasteiger partial charge in [-0.05, 0) is 29.8 Å². The quantitative estimate of drug-likeness (QED) is 0.694. The second kappa shape index (κ2) is 8.58. The lowest BCUT2D eigenvalue weighted by molar-refractivity contribution is 0.0946. The fraction of sp³-hybridized carbons (Fsp3) is 0.250. The summed E-state index contributed by atoms with van der Waals surface area (Å²) in [6.45, 7) is 3.94. The molecule has 1 fully saturated rings. The number of carbonyl (C=O) groups is 1. The monoisotopic (exact) mass is 413 g/mol. The van der Waals surface area contributed by atoms with E-state index in [0.717, 1.165) is 47.6 Å². The van der Waals surface area contributed by atoms with Gasteiger partial charge in [0.2, 0.25) is 0 Å². The van der Waals surface area contributed by atoms with Gasteiger partial charge in [0.15, 0.2) is 5.13 Å². The van der Waals surface area contributed by atoms with Crippen LogP contribution in [0.3, 0.4) is 0 Å². The van der Waals surface area contributed by atoms with Gasteiger partial charge in [0.1, 0.15) is 5.69 Å². The third kappa shape index (κ3) is 4.43. The summed E-state index contributed by atoms with van der Waals surface area (Å²) in [5.41, 5.74) is 2.56. The molecule has 3 aromatic rings. The van der Waals surface area contributed by atoms with Crippen LogP contribution in [0.1, 0.15) is 16.1 Å². The van der Waals surface area contributed by atoms with Gasteiger partial charge in [0.25, 0.3) is 5.91 Å². The van der Waals surface area contributed by atoms with Gasteiger partial charge in [-0.2, -0.15) is 0 Å². The van der Waals surface area contributed by atoms with Crippen molar-refractivity contribution in [2.75, 3.05) is 36.0 Å². The third-order valence-electron chi connectivity index (χ3n) is 4.62. The van der Waals surface area contributed by atoms with Gasteiger partial charge in [-0.15, -0.1) is 11.3 Å². The van der Waals surface area contributed by atoms with E-state index in [1.165, 1.54) is 11.3 Å². The predicted octanol–water partition coefficient (Wildman–Crippen LogP) is 3.45. The summed E-state index contributed by atoms with van der Waals surface area (Å²) < 4.78 is 0. The summed E-state index contributed by atoms with van der Waals surface area (Å²) in [6.07, 6.45) is 3.45. The van der Waals surface area contributed by atoms with E-state index in [-0.39, 0.29) is 5.91 Å². The van der Waals surface area contributed by atoms with Gasteiger partial charge in [-0.1, -0.05) is 23.7 Å². The van der Waals surface area contributed by atoms with Crippen LogP contribution in [-0.4, -0.2) is 42.1 Å². The van der Waals surface area contributed by atoms with Crippen molar-refractivity contribution in [2.45, 2.75) is 6.54 Å². The Kier molecular flexibility index (Phi) is 5.73. The van der Waals surface area contributed by atoms with Crippen molar-refractivity contribution in [3.8, 4) is 0 Å². The molecule has 6 nitrogen and oxygen atoms in total. The zero-order valence-corrected chi connectivity index (χ0v) is 16.8. The van der Waals surface area contributed by atoms with Crippen LogP contribution in [0.15, 0.2) is 54.2 Å². The summed E-state index contributed by atoms with van der Waals surface area (Å²) in [4.78, 5) is 25.5. The lowest BCUT2D eigenvalue weighted by atomic mass is 10.2. The molecule has 0 unspecified atom stereocenters. The van der Waals surface area contributed by atoms with Gasteiger partial charge in [-0.3, -0.25) is 9.78 Å². The Bertz CT molecular complexity index is 941. The number of nitrogens with one attached hydrogen (secondary N) is 1. The molecule has 0 radical (unpaired) electrons. The van der Waals surface area contributed by atoms with E-state index in [9.17, 15) is 4.79 Å². The fourth-order valence-electron chi connectivity index (χ4n) is 3.12. The lowest BCUT2D eigenvalue weighted by Crippen LogP contribution is -2.46. The highest BCUT2D eigenvalue weighted by Gasteiger charge is 2.21. The minimum absolute atomic E-state index is 0.163. The minimum Gasteiger partial charge on any atom is -0.368 e.